The molecule has 0 atom stereocenters. The van der Waals surface area contributed by atoms with Gasteiger partial charge in [0.15, 0.2) is 5.78 Å². The number of amides is 1. The second kappa shape index (κ2) is 5.07. The molecule has 0 aliphatic rings. The van der Waals surface area contributed by atoms with Gasteiger partial charge in [0, 0.05) is 10.8 Å². The van der Waals surface area contributed by atoms with Gasteiger partial charge in [0.25, 0.3) is 5.91 Å². The Morgan fingerprint density at radius 3 is 2.53 bits per heavy atom. The fraction of sp³-hybridized carbons (Fsp3) is 0.455. The molecule has 1 heterocycles. The average molecular weight is 225 g/mol. The molecule has 0 saturated carbocycles. The molecule has 0 fully saturated rings. The minimum Gasteiger partial charge on any atom is -0.344 e. The van der Waals surface area contributed by atoms with E-state index < -0.39 is 0 Å². The van der Waals surface area contributed by atoms with Crippen molar-refractivity contribution in [3.8, 4) is 0 Å². The third-order valence-corrected chi connectivity index (χ3v) is 3.03. The minimum atomic E-state index is -0.165. The fourth-order valence-electron chi connectivity index (χ4n) is 1.02. The van der Waals surface area contributed by atoms with Gasteiger partial charge in [0.1, 0.15) is 0 Å². The highest BCUT2D eigenvalue weighted by atomic mass is 32.1. The first-order chi connectivity index (χ1) is 7.00. The number of ketones is 1. The predicted octanol–water partition coefficient (Wildman–Crippen LogP) is 2.01. The summed E-state index contributed by atoms with van der Waals surface area (Å²) in [6.45, 7) is 5.71. The van der Waals surface area contributed by atoms with Crippen LogP contribution >= 0.6 is 11.3 Å². The normalized spacial score (nSPS) is 10.4. The zero-order chi connectivity index (χ0) is 11.4. The Bertz CT molecular complexity index is 368. The summed E-state index contributed by atoms with van der Waals surface area (Å²) in [6, 6.07) is 3.67. The number of Topliss-reactive ketones (excluding diaryl/α,β-unsaturated/α-hetero) is 1. The number of aryl methyl sites for hydroxylation is 1. The van der Waals surface area contributed by atoms with Gasteiger partial charge in [-0.3, -0.25) is 9.59 Å². The Hall–Kier alpha value is -1.16. The van der Waals surface area contributed by atoms with Crippen LogP contribution in [0.2, 0.25) is 0 Å². The number of rotatable bonds is 4. The highest BCUT2D eigenvalue weighted by molar-refractivity contribution is 7.13. The molecule has 0 bridgehead atoms. The third-order valence-electron chi connectivity index (χ3n) is 2.03. The molecule has 1 aromatic rings. The maximum atomic E-state index is 11.5. The van der Waals surface area contributed by atoms with Crippen LogP contribution < -0.4 is 5.32 Å². The van der Waals surface area contributed by atoms with E-state index in [0.717, 1.165) is 4.88 Å². The largest absolute Gasteiger partial charge is 0.344 e. The molecule has 82 valence electrons. The molecule has 1 amide bonds. The smallest absolute Gasteiger partial charge is 0.261 e. The monoisotopic (exact) mass is 225 g/mol. The molecule has 0 saturated heterocycles. The van der Waals surface area contributed by atoms with Crippen molar-refractivity contribution in [2.75, 3.05) is 6.54 Å². The SMILES string of the molecule is Cc1ccc(C(=O)NCC(=O)C(C)C)s1. The summed E-state index contributed by atoms with van der Waals surface area (Å²) in [5, 5.41) is 2.62. The molecule has 0 spiro atoms. The van der Waals surface area contributed by atoms with Crippen LogP contribution in [-0.2, 0) is 4.79 Å². The second-order valence-electron chi connectivity index (χ2n) is 3.71. The van der Waals surface area contributed by atoms with Crippen molar-refractivity contribution < 1.29 is 9.59 Å². The van der Waals surface area contributed by atoms with Gasteiger partial charge in [-0.2, -0.15) is 0 Å². The van der Waals surface area contributed by atoms with Crippen molar-refractivity contribution in [1.82, 2.24) is 5.32 Å². The maximum Gasteiger partial charge on any atom is 0.261 e. The van der Waals surface area contributed by atoms with Gasteiger partial charge in [0.05, 0.1) is 11.4 Å². The lowest BCUT2D eigenvalue weighted by Gasteiger charge is -2.04. The Balaban J connectivity index is 2.47. The molecule has 3 nitrogen and oxygen atoms in total. The molecule has 15 heavy (non-hydrogen) atoms. The van der Waals surface area contributed by atoms with E-state index in [1.54, 1.807) is 6.07 Å². The van der Waals surface area contributed by atoms with E-state index in [1.165, 1.54) is 11.3 Å². The van der Waals surface area contributed by atoms with Gasteiger partial charge in [-0.15, -0.1) is 11.3 Å². The topological polar surface area (TPSA) is 46.2 Å². The molecular formula is C11H15NO2S. The van der Waals surface area contributed by atoms with E-state index in [4.69, 9.17) is 0 Å². The lowest BCUT2D eigenvalue weighted by molar-refractivity contribution is -0.120. The number of hydrogen-bond acceptors (Lipinski definition) is 3. The summed E-state index contributed by atoms with van der Waals surface area (Å²) in [4.78, 5) is 24.6. The summed E-state index contributed by atoms with van der Waals surface area (Å²) in [7, 11) is 0. The van der Waals surface area contributed by atoms with E-state index in [0.29, 0.717) is 4.88 Å². The maximum absolute atomic E-state index is 11.5. The molecule has 1 aromatic heterocycles. The van der Waals surface area contributed by atoms with Crippen molar-refractivity contribution in [2.45, 2.75) is 20.8 Å². The van der Waals surface area contributed by atoms with E-state index in [9.17, 15) is 9.59 Å². The van der Waals surface area contributed by atoms with Gasteiger partial charge in [-0.1, -0.05) is 13.8 Å². The fourth-order valence-corrected chi connectivity index (χ4v) is 1.80. The highest BCUT2D eigenvalue weighted by Gasteiger charge is 2.11. The molecule has 1 N–H and O–H groups in total. The van der Waals surface area contributed by atoms with Crippen LogP contribution in [0.5, 0.6) is 0 Å². The lowest BCUT2D eigenvalue weighted by atomic mass is 10.1. The third kappa shape index (κ3) is 3.47. The van der Waals surface area contributed by atoms with Crippen LogP contribution in [0.4, 0.5) is 0 Å². The van der Waals surface area contributed by atoms with Gasteiger partial charge >= 0.3 is 0 Å². The van der Waals surface area contributed by atoms with Crippen LogP contribution in [0, 0.1) is 12.8 Å². The zero-order valence-corrected chi connectivity index (χ0v) is 9.98. The number of thiophene rings is 1. The summed E-state index contributed by atoms with van der Waals surface area (Å²) < 4.78 is 0. The van der Waals surface area contributed by atoms with Gasteiger partial charge < -0.3 is 5.32 Å². The van der Waals surface area contributed by atoms with Crippen LogP contribution in [0.3, 0.4) is 0 Å². The Labute approximate surface area is 93.5 Å². The van der Waals surface area contributed by atoms with Gasteiger partial charge in [-0.05, 0) is 19.1 Å². The second-order valence-corrected chi connectivity index (χ2v) is 5.00. The average Bonchev–Trinajstić information content (AvgIpc) is 2.60. The Morgan fingerprint density at radius 2 is 2.07 bits per heavy atom. The minimum absolute atomic E-state index is 0.0321. The predicted molar refractivity (Wildman–Crippen MR) is 61.2 cm³/mol. The van der Waals surface area contributed by atoms with Crippen molar-refractivity contribution in [2.24, 2.45) is 5.92 Å². The first-order valence-corrected chi connectivity index (χ1v) is 5.69. The van der Waals surface area contributed by atoms with Crippen LogP contribution in [-0.4, -0.2) is 18.2 Å². The van der Waals surface area contributed by atoms with E-state index in [-0.39, 0.29) is 24.2 Å². The summed E-state index contributed by atoms with van der Waals surface area (Å²) >= 11 is 1.43. The van der Waals surface area contributed by atoms with Gasteiger partial charge in [0.2, 0.25) is 0 Å². The van der Waals surface area contributed by atoms with Gasteiger partial charge in [-0.25, -0.2) is 0 Å². The van der Waals surface area contributed by atoms with Crippen LogP contribution in [0.1, 0.15) is 28.4 Å². The zero-order valence-electron chi connectivity index (χ0n) is 9.16. The van der Waals surface area contributed by atoms with Crippen molar-refractivity contribution in [3.05, 3.63) is 21.9 Å². The number of nitrogens with one attached hydrogen (secondary N) is 1. The number of carbonyl (C=O) groups is 2. The lowest BCUT2D eigenvalue weighted by Crippen LogP contribution is -2.31. The number of hydrogen-bond donors (Lipinski definition) is 1. The molecule has 0 aromatic carbocycles. The first-order valence-electron chi connectivity index (χ1n) is 4.88. The molecular weight excluding hydrogens is 210 g/mol. The standard InChI is InChI=1S/C11H15NO2S/c1-7(2)9(13)6-12-11(14)10-5-4-8(3)15-10/h4-5,7H,6H2,1-3H3,(H,12,14). The number of carbonyl (C=O) groups excluding carboxylic acids is 2. The molecule has 0 radical (unpaired) electrons. The van der Waals surface area contributed by atoms with E-state index >= 15 is 0 Å². The molecule has 0 unspecified atom stereocenters. The van der Waals surface area contributed by atoms with Crippen molar-refractivity contribution in [1.29, 1.82) is 0 Å². The molecule has 4 heteroatoms. The summed E-state index contributed by atoms with van der Waals surface area (Å²) in [6.07, 6.45) is 0. The Morgan fingerprint density at radius 1 is 1.40 bits per heavy atom. The molecule has 0 aliphatic heterocycles. The van der Waals surface area contributed by atoms with Crippen molar-refractivity contribution in [3.63, 3.8) is 0 Å². The molecule has 1 rings (SSSR count). The summed E-state index contributed by atoms with van der Waals surface area (Å²) in [5.74, 6) is -0.144. The van der Waals surface area contributed by atoms with E-state index in [1.807, 2.05) is 26.8 Å². The van der Waals surface area contributed by atoms with E-state index in [2.05, 4.69) is 5.32 Å². The van der Waals surface area contributed by atoms with Crippen LogP contribution in [0.15, 0.2) is 12.1 Å². The summed E-state index contributed by atoms with van der Waals surface area (Å²) in [5.41, 5.74) is 0. The van der Waals surface area contributed by atoms with Crippen molar-refractivity contribution >= 4 is 23.0 Å². The quantitative estimate of drug-likeness (QED) is 0.852. The highest BCUT2D eigenvalue weighted by Crippen LogP contribution is 2.14. The van der Waals surface area contributed by atoms with Crippen LogP contribution in [0.25, 0.3) is 0 Å². The Kier molecular flexibility index (Phi) is 4.03. The molecule has 0 aliphatic carbocycles. The first kappa shape index (κ1) is 11.9.